The molecule has 3 nitrogen and oxygen atoms in total. The highest BCUT2D eigenvalue weighted by Gasteiger charge is 2.31. The van der Waals surface area contributed by atoms with Crippen LogP contribution in [-0.2, 0) is 6.42 Å². The van der Waals surface area contributed by atoms with Crippen molar-refractivity contribution in [2.75, 3.05) is 6.54 Å². The van der Waals surface area contributed by atoms with Crippen LogP contribution in [-0.4, -0.2) is 18.8 Å². The minimum absolute atomic E-state index is 0.264. The Balaban J connectivity index is 2.29. The molecule has 1 aromatic rings. The molecular weight excluding hydrogens is 223 g/mol. The normalized spacial score (nSPS) is 15.3. The summed E-state index contributed by atoms with van der Waals surface area (Å²) in [6.07, 6.45) is -4.19. The molecular formula is C10H8F3NO2. The van der Waals surface area contributed by atoms with Gasteiger partial charge in [0, 0.05) is 12.1 Å². The van der Waals surface area contributed by atoms with Crippen LogP contribution in [0.4, 0.5) is 13.2 Å². The molecule has 0 bridgehead atoms. The van der Waals surface area contributed by atoms with Crippen LogP contribution < -0.4 is 10.1 Å². The Bertz CT molecular complexity index is 429. The zero-order valence-electron chi connectivity index (χ0n) is 8.10. The first-order valence-corrected chi connectivity index (χ1v) is 4.62. The summed E-state index contributed by atoms with van der Waals surface area (Å²) in [5, 5.41) is 2.60. The average molecular weight is 231 g/mol. The molecule has 0 spiro atoms. The van der Waals surface area contributed by atoms with E-state index in [-0.39, 0.29) is 11.7 Å². The minimum atomic E-state index is -4.70. The quantitative estimate of drug-likeness (QED) is 0.801. The third kappa shape index (κ3) is 2.26. The molecule has 0 radical (unpaired) electrons. The van der Waals surface area contributed by atoms with Crippen molar-refractivity contribution < 1.29 is 22.7 Å². The number of halogens is 3. The van der Waals surface area contributed by atoms with E-state index in [9.17, 15) is 18.0 Å². The number of rotatable bonds is 1. The lowest BCUT2D eigenvalue weighted by molar-refractivity contribution is -0.274. The van der Waals surface area contributed by atoms with Gasteiger partial charge in [-0.2, -0.15) is 0 Å². The van der Waals surface area contributed by atoms with Gasteiger partial charge in [0.15, 0.2) is 0 Å². The fourth-order valence-electron chi connectivity index (χ4n) is 1.60. The number of benzene rings is 1. The molecule has 1 aliphatic heterocycles. The van der Waals surface area contributed by atoms with Gasteiger partial charge in [0.1, 0.15) is 5.75 Å². The SMILES string of the molecule is O=C1NCCc2cc(OC(F)(F)F)ccc21. The fraction of sp³-hybridized carbons (Fsp3) is 0.300. The van der Waals surface area contributed by atoms with Crippen LogP contribution >= 0.6 is 0 Å². The predicted molar refractivity (Wildman–Crippen MR) is 49.2 cm³/mol. The smallest absolute Gasteiger partial charge is 0.406 e. The van der Waals surface area contributed by atoms with Crippen molar-refractivity contribution in [2.24, 2.45) is 0 Å². The van der Waals surface area contributed by atoms with Crippen molar-refractivity contribution in [3.8, 4) is 5.75 Å². The molecule has 0 saturated heterocycles. The standard InChI is InChI=1S/C10H8F3NO2/c11-10(12,13)16-7-1-2-8-6(5-7)3-4-14-9(8)15/h1-2,5H,3-4H2,(H,14,15). The van der Waals surface area contributed by atoms with Gasteiger partial charge >= 0.3 is 6.36 Å². The van der Waals surface area contributed by atoms with Crippen molar-refractivity contribution >= 4 is 5.91 Å². The minimum Gasteiger partial charge on any atom is -0.406 e. The maximum atomic E-state index is 11.9. The molecule has 1 N–H and O–H groups in total. The predicted octanol–water partition coefficient (Wildman–Crippen LogP) is 1.87. The van der Waals surface area contributed by atoms with Gasteiger partial charge in [-0.05, 0) is 30.2 Å². The highest BCUT2D eigenvalue weighted by Crippen LogP contribution is 2.26. The summed E-state index contributed by atoms with van der Waals surface area (Å²) in [5.41, 5.74) is 0.978. The third-order valence-corrected chi connectivity index (χ3v) is 2.23. The number of hydrogen-bond acceptors (Lipinski definition) is 2. The van der Waals surface area contributed by atoms with Gasteiger partial charge in [-0.3, -0.25) is 4.79 Å². The van der Waals surface area contributed by atoms with Gasteiger partial charge in [-0.25, -0.2) is 0 Å². The van der Waals surface area contributed by atoms with Crippen LogP contribution in [0.15, 0.2) is 18.2 Å². The van der Waals surface area contributed by atoms with Gasteiger partial charge in [0.05, 0.1) is 0 Å². The summed E-state index contributed by atoms with van der Waals surface area (Å²) in [6, 6.07) is 3.73. The number of carbonyl (C=O) groups excluding carboxylic acids is 1. The molecule has 0 atom stereocenters. The molecule has 0 aliphatic carbocycles. The number of nitrogens with one attached hydrogen (secondary N) is 1. The molecule has 6 heteroatoms. The zero-order chi connectivity index (χ0) is 11.8. The lowest BCUT2D eigenvalue weighted by atomic mass is 10.0. The molecule has 86 valence electrons. The molecule has 1 heterocycles. The number of hydrogen-bond donors (Lipinski definition) is 1. The molecule has 0 unspecified atom stereocenters. The van der Waals surface area contributed by atoms with Crippen LogP contribution in [0, 0.1) is 0 Å². The maximum Gasteiger partial charge on any atom is 0.573 e. The summed E-state index contributed by atoms with van der Waals surface area (Å²) in [6.45, 7) is 0.432. The molecule has 16 heavy (non-hydrogen) atoms. The largest absolute Gasteiger partial charge is 0.573 e. The molecule has 1 amide bonds. The van der Waals surface area contributed by atoms with E-state index in [4.69, 9.17) is 0 Å². The second kappa shape index (κ2) is 3.70. The summed E-state index contributed by atoms with van der Waals surface area (Å²) in [4.78, 5) is 11.3. The molecule has 1 aromatic carbocycles. The van der Waals surface area contributed by atoms with E-state index in [0.29, 0.717) is 24.1 Å². The maximum absolute atomic E-state index is 11.9. The zero-order valence-corrected chi connectivity index (χ0v) is 8.10. The van der Waals surface area contributed by atoms with Crippen LogP contribution in [0.2, 0.25) is 0 Å². The Hall–Kier alpha value is -1.72. The lowest BCUT2D eigenvalue weighted by Crippen LogP contribution is -2.31. The van der Waals surface area contributed by atoms with Crippen LogP contribution in [0.3, 0.4) is 0 Å². The van der Waals surface area contributed by atoms with Gasteiger partial charge in [-0.1, -0.05) is 0 Å². The van der Waals surface area contributed by atoms with Crippen LogP contribution in [0.1, 0.15) is 15.9 Å². The molecule has 1 aliphatic rings. The summed E-state index contributed by atoms with van der Waals surface area (Å²) < 4.78 is 39.6. The van der Waals surface area contributed by atoms with E-state index in [0.717, 1.165) is 6.07 Å². The van der Waals surface area contributed by atoms with E-state index in [1.807, 2.05) is 0 Å². The van der Waals surface area contributed by atoms with Crippen molar-refractivity contribution in [2.45, 2.75) is 12.8 Å². The van der Waals surface area contributed by atoms with Crippen LogP contribution in [0.5, 0.6) is 5.75 Å². The topological polar surface area (TPSA) is 38.3 Å². The van der Waals surface area contributed by atoms with Crippen molar-refractivity contribution in [1.29, 1.82) is 0 Å². The summed E-state index contributed by atoms with van der Waals surface area (Å²) >= 11 is 0. The first-order valence-electron chi connectivity index (χ1n) is 4.62. The average Bonchev–Trinajstić information content (AvgIpc) is 2.15. The Morgan fingerprint density at radius 1 is 1.31 bits per heavy atom. The first-order chi connectivity index (χ1) is 7.46. The van der Waals surface area contributed by atoms with Crippen molar-refractivity contribution in [3.05, 3.63) is 29.3 Å². The lowest BCUT2D eigenvalue weighted by Gasteiger charge is -2.17. The molecule has 0 saturated carbocycles. The van der Waals surface area contributed by atoms with E-state index >= 15 is 0 Å². The van der Waals surface area contributed by atoms with E-state index in [1.54, 1.807) is 0 Å². The Kier molecular flexibility index (Phi) is 2.49. The molecule has 0 aromatic heterocycles. The van der Waals surface area contributed by atoms with Crippen molar-refractivity contribution in [3.63, 3.8) is 0 Å². The Morgan fingerprint density at radius 2 is 2.06 bits per heavy atom. The van der Waals surface area contributed by atoms with E-state index in [2.05, 4.69) is 10.1 Å². The van der Waals surface area contributed by atoms with E-state index < -0.39 is 6.36 Å². The van der Waals surface area contributed by atoms with Gasteiger partial charge in [0.2, 0.25) is 0 Å². The second-order valence-electron chi connectivity index (χ2n) is 3.37. The van der Waals surface area contributed by atoms with Gasteiger partial charge < -0.3 is 10.1 Å². The number of amides is 1. The van der Waals surface area contributed by atoms with Crippen molar-refractivity contribution in [1.82, 2.24) is 5.32 Å². The highest BCUT2D eigenvalue weighted by molar-refractivity contribution is 5.96. The Labute approximate surface area is 89.2 Å². The second-order valence-corrected chi connectivity index (χ2v) is 3.37. The molecule has 0 fully saturated rings. The monoisotopic (exact) mass is 231 g/mol. The summed E-state index contributed by atoms with van der Waals surface area (Å²) in [5.74, 6) is -0.555. The number of ether oxygens (including phenoxy) is 1. The first kappa shape index (κ1) is 10.8. The van der Waals surface area contributed by atoms with Gasteiger partial charge in [-0.15, -0.1) is 13.2 Å². The number of carbonyl (C=O) groups is 1. The highest BCUT2D eigenvalue weighted by atomic mass is 19.4. The summed E-state index contributed by atoms with van der Waals surface area (Å²) in [7, 11) is 0. The number of alkyl halides is 3. The third-order valence-electron chi connectivity index (χ3n) is 2.23. The Morgan fingerprint density at radius 3 is 2.75 bits per heavy atom. The van der Waals surface area contributed by atoms with Gasteiger partial charge in [0.25, 0.3) is 5.91 Å². The van der Waals surface area contributed by atoms with Crippen LogP contribution in [0.25, 0.3) is 0 Å². The number of fused-ring (bicyclic) bond motifs is 1. The molecule has 2 rings (SSSR count). The van der Waals surface area contributed by atoms with E-state index in [1.165, 1.54) is 12.1 Å². The fourth-order valence-corrected chi connectivity index (χ4v) is 1.60.